The van der Waals surface area contributed by atoms with Crippen molar-refractivity contribution in [1.29, 1.82) is 0 Å². The average Bonchev–Trinajstić information content (AvgIpc) is 3.00. The molecule has 2 unspecified atom stereocenters. The van der Waals surface area contributed by atoms with Gasteiger partial charge in [0.2, 0.25) is 5.91 Å². The molecule has 1 amide bonds. The summed E-state index contributed by atoms with van der Waals surface area (Å²) < 4.78 is 0. The van der Waals surface area contributed by atoms with E-state index in [1.807, 2.05) is 0 Å². The van der Waals surface area contributed by atoms with Gasteiger partial charge in [-0.2, -0.15) is 0 Å². The second-order valence-electron chi connectivity index (χ2n) is 5.79. The van der Waals surface area contributed by atoms with Gasteiger partial charge >= 0.3 is 0 Å². The summed E-state index contributed by atoms with van der Waals surface area (Å²) in [7, 11) is 0. The molecule has 1 aliphatic rings. The molecule has 2 atom stereocenters. The van der Waals surface area contributed by atoms with E-state index < -0.39 is 0 Å². The van der Waals surface area contributed by atoms with Crippen molar-refractivity contribution in [3.05, 3.63) is 22.4 Å². The van der Waals surface area contributed by atoms with Crippen molar-refractivity contribution in [1.82, 2.24) is 16.0 Å². The van der Waals surface area contributed by atoms with Crippen LogP contribution in [0.15, 0.2) is 22.5 Å². The highest BCUT2D eigenvalue weighted by Crippen LogP contribution is 2.14. The van der Waals surface area contributed by atoms with E-state index in [0.717, 1.165) is 31.9 Å². The molecule has 0 spiro atoms. The Morgan fingerprint density at radius 1 is 1.57 bits per heavy atom. The summed E-state index contributed by atoms with van der Waals surface area (Å²) in [6.07, 6.45) is 2.52. The van der Waals surface area contributed by atoms with Crippen molar-refractivity contribution >= 4 is 47.2 Å². The zero-order valence-electron chi connectivity index (χ0n) is 13.8. The third-order valence-electron chi connectivity index (χ3n) is 3.64. The van der Waals surface area contributed by atoms with Gasteiger partial charge in [-0.15, -0.1) is 35.3 Å². The monoisotopic (exact) mass is 450 g/mol. The molecule has 130 valence electrons. The Morgan fingerprint density at radius 2 is 2.39 bits per heavy atom. The van der Waals surface area contributed by atoms with Gasteiger partial charge in [0.15, 0.2) is 5.96 Å². The van der Waals surface area contributed by atoms with Crippen LogP contribution in [-0.4, -0.2) is 37.5 Å². The van der Waals surface area contributed by atoms with Gasteiger partial charge in [-0.1, -0.05) is 13.0 Å². The largest absolute Gasteiger partial charge is 0.357 e. The van der Waals surface area contributed by atoms with Gasteiger partial charge in [-0.25, -0.2) is 0 Å². The van der Waals surface area contributed by atoms with Crippen LogP contribution in [0.2, 0.25) is 0 Å². The van der Waals surface area contributed by atoms with Crippen molar-refractivity contribution in [2.75, 3.05) is 19.6 Å². The molecular formula is C16H27IN4OS. The number of guanidine groups is 1. The summed E-state index contributed by atoms with van der Waals surface area (Å²) in [5, 5.41) is 11.7. The van der Waals surface area contributed by atoms with E-state index in [9.17, 15) is 4.79 Å². The number of halogens is 1. The smallest absolute Gasteiger partial charge is 0.220 e. The normalized spacial score (nSPS) is 19.5. The predicted octanol–water partition coefficient (Wildman–Crippen LogP) is 2.38. The fourth-order valence-electron chi connectivity index (χ4n) is 2.45. The molecule has 0 radical (unpaired) electrons. The van der Waals surface area contributed by atoms with Crippen molar-refractivity contribution in [2.45, 2.75) is 39.2 Å². The van der Waals surface area contributed by atoms with Crippen LogP contribution >= 0.6 is 35.3 Å². The zero-order chi connectivity index (χ0) is 15.8. The molecule has 3 N–H and O–H groups in total. The Labute approximate surface area is 159 Å². The minimum Gasteiger partial charge on any atom is -0.357 e. The second kappa shape index (κ2) is 10.9. The van der Waals surface area contributed by atoms with E-state index in [-0.39, 0.29) is 35.9 Å². The van der Waals surface area contributed by atoms with Gasteiger partial charge in [0.05, 0.1) is 0 Å². The minimum atomic E-state index is 0. The van der Waals surface area contributed by atoms with Crippen LogP contribution in [0, 0.1) is 5.92 Å². The van der Waals surface area contributed by atoms with E-state index in [1.165, 1.54) is 4.88 Å². The number of nitrogens with one attached hydrogen (secondary N) is 3. The summed E-state index contributed by atoms with van der Waals surface area (Å²) in [5.41, 5.74) is 0. The summed E-state index contributed by atoms with van der Waals surface area (Å²) >= 11 is 1.80. The molecule has 0 saturated carbocycles. The topological polar surface area (TPSA) is 65.5 Å². The number of amides is 1. The first kappa shape index (κ1) is 20.2. The van der Waals surface area contributed by atoms with Crippen LogP contribution in [0.3, 0.4) is 0 Å². The molecule has 2 heterocycles. The number of piperidine rings is 1. The van der Waals surface area contributed by atoms with Crippen LogP contribution in [0.4, 0.5) is 0 Å². The van der Waals surface area contributed by atoms with Gasteiger partial charge in [0, 0.05) is 37.0 Å². The average molecular weight is 450 g/mol. The first-order chi connectivity index (χ1) is 10.7. The third kappa shape index (κ3) is 7.52. The van der Waals surface area contributed by atoms with E-state index >= 15 is 0 Å². The number of hydrogen-bond acceptors (Lipinski definition) is 3. The van der Waals surface area contributed by atoms with Crippen LogP contribution in [0.1, 0.15) is 31.6 Å². The van der Waals surface area contributed by atoms with Crippen LogP contribution < -0.4 is 16.0 Å². The second-order valence-corrected chi connectivity index (χ2v) is 6.82. The lowest BCUT2D eigenvalue weighted by Gasteiger charge is -2.25. The van der Waals surface area contributed by atoms with E-state index in [0.29, 0.717) is 18.9 Å². The Balaban J connectivity index is 0.00000264. The molecule has 1 aromatic rings. The van der Waals surface area contributed by atoms with E-state index in [1.54, 1.807) is 11.3 Å². The summed E-state index contributed by atoms with van der Waals surface area (Å²) in [6.45, 7) is 6.60. The molecule has 1 saturated heterocycles. The van der Waals surface area contributed by atoms with Crippen LogP contribution in [-0.2, 0) is 11.2 Å². The molecule has 0 aromatic carbocycles. The van der Waals surface area contributed by atoms with E-state index in [4.69, 9.17) is 4.99 Å². The SMILES string of the molecule is CCNC(=NCC(C)Cc1cccs1)NC1CCC(=O)NC1.I. The number of rotatable bonds is 6. The van der Waals surface area contributed by atoms with Gasteiger partial charge in [0.1, 0.15) is 0 Å². The summed E-state index contributed by atoms with van der Waals surface area (Å²) in [4.78, 5) is 17.3. The number of aliphatic imine (C=N–C) groups is 1. The van der Waals surface area contributed by atoms with Gasteiger partial charge in [-0.3, -0.25) is 9.79 Å². The standard InChI is InChI=1S/C16H26N4OS.HI/c1-3-17-16(20-13-6-7-15(21)18-11-13)19-10-12(2)9-14-5-4-8-22-14;/h4-5,8,12-13H,3,6-7,9-11H2,1-2H3,(H,18,21)(H2,17,19,20);1H. The van der Waals surface area contributed by atoms with Crippen molar-refractivity contribution in [3.8, 4) is 0 Å². The minimum absolute atomic E-state index is 0. The maximum absolute atomic E-state index is 11.2. The Hall–Kier alpha value is -0.830. The quantitative estimate of drug-likeness (QED) is 0.354. The molecule has 1 aromatic heterocycles. The molecule has 5 nitrogen and oxygen atoms in total. The molecule has 23 heavy (non-hydrogen) atoms. The number of carbonyl (C=O) groups is 1. The first-order valence-corrected chi connectivity index (χ1v) is 8.89. The number of thiophene rings is 1. The Morgan fingerprint density at radius 3 is 3.00 bits per heavy atom. The maximum atomic E-state index is 11.2. The van der Waals surface area contributed by atoms with Crippen molar-refractivity contribution < 1.29 is 4.79 Å². The molecule has 1 fully saturated rings. The lowest BCUT2D eigenvalue weighted by Crippen LogP contribution is -2.51. The molecule has 7 heteroatoms. The van der Waals surface area contributed by atoms with Gasteiger partial charge in [0.25, 0.3) is 0 Å². The molecule has 2 rings (SSSR count). The van der Waals surface area contributed by atoms with Gasteiger partial charge in [-0.05, 0) is 37.1 Å². The highest BCUT2D eigenvalue weighted by molar-refractivity contribution is 14.0. The molecule has 0 aliphatic carbocycles. The van der Waals surface area contributed by atoms with Crippen LogP contribution in [0.5, 0.6) is 0 Å². The van der Waals surface area contributed by atoms with Gasteiger partial charge < -0.3 is 16.0 Å². The molecular weight excluding hydrogens is 423 g/mol. The number of carbonyl (C=O) groups excluding carboxylic acids is 1. The number of nitrogens with zero attached hydrogens (tertiary/aromatic N) is 1. The highest BCUT2D eigenvalue weighted by Gasteiger charge is 2.18. The van der Waals surface area contributed by atoms with Crippen molar-refractivity contribution in [3.63, 3.8) is 0 Å². The highest BCUT2D eigenvalue weighted by atomic mass is 127. The van der Waals surface area contributed by atoms with Crippen molar-refractivity contribution in [2.24, 2.45) is 10.9 Å². The molecule has 0 bridgehead atoms. The Kier molecular flexibility index (Phi) is 9.54. The fraction of sp³-hybridized carbons (Fsp3) is 0.625. The number of hydrogen-bond donors (Lipinski definition) is 3. The zero-order valence-corrected chi connectivity index (χ0v) is 16.9. The summed E-state index contributed by atoms with van der Waals surface area (Å²) in [5.74, 6) is 1.51. The molecule has 1 aliphatic heterocycles. The third-order valence-corrected chi connectivity index (χ3v) is 4.54. The lowest BCUT2D eigenvalue weighted by molar-refractivity contribution is -0.122. The van der Waals surface area contributed by atoms with E-state index in [2.05, 4.69) is 47.3 Å². The summed E-state index contributed by atoms with van der Waals surface area (Å²) in [6, 6.07) is 4.54. The first-order valence-electron chi connectivity index (χ1n) is 8.01. The van der Waals surface area contributed by atoms with Crippen LogP contribution in [0.25, 0.3) is 0 Å². The fourth-order valence-corrected chi connectivity index (χ4v) is 3.32. The predicted molar refractivity (Wildman–Crippen MR) is 108 cm³/mol. The maximum Gasteiger partial charge on any atom is 0.220 e. The Bertz CT molecular complexity index is 482. The lowest BCUT2D eigenvalue weighted by atomic mass is 10.1.